The second-order valence-electron chi connectivity index (χ2n) is 6.75. The van der Waals surface area contributed by atoms with E-state index in [0.29, 0.717) is 35.9 Å². The Bertz CT molecular complexity index is 789. The Morgan fingerprint density at radius 2 is 1.52 bits per heavy atom. The van der Waals surface area contributed by atoms with Crippen molar-refractivity contribution < 1.29 is 19.4 Å². The number of amides is 1. The lowest BCUT2D eigenvalue weighted by Gasteiger charge is -2.27. The molecule has 0 saturated heterocycles. The lowest BCUT2D eigenvalue weighted by atomic mass is 9.78. The molecule has 0 aliphatic heterocycles. The van der Waals surface area contributed by atoms with Crippen molar-refractivity contribution in [3.8, 4) is 11.5 Å². The molecule has 27 heavy (non-hydrogen) atoms. The summed E-state index contributed by atoms with van der Waals surface area (Å²) in [5.41, 5.74) is 0.925. The number of hydrogen-bond acceptors (Lipinski definition) is 3. The second-order valence-corrected chi connectivity index (χ2v) is 7.19. The maximum Gasteiger partial charge on any atom is 0.307 e. The third-order valence-electron chi connectivity index (χ3n) is 4.86. The minimum Gasteiger partial charge on any atom is -0.481 e. The minimum atomic E-state index is -0.876. The third kappa shape index (κ3) is 5.23. The molecular weight excluding hydrogens is 366 g/mol. The summed E-state index contributed by atoms with van der Waals surface area (Å²) in [6.45, 7) is 0.364. The maximum absolute atomic E-state index is 12.4. The van der Waals surface area contributed by atoms with Crippen LogP contribution in [0.4, 0.5) is 0 Å². The predicted octanol–water partition coefficient (Wildman–Crippen LogP) is 4.64. The summed E-state index contributed by atoms with van der Waals surface area (Å²) in [5, 5.41) is 12.8. The van der Waals surface area contributed by atoms with Gasteiger partial charge in [-0.05, 0) is 54.8 Å². The molecule has 142 valence electrons. The molecule has 1 aliphatic rings. The van der Waals surface area contributed by atoms with Crippen molar-refractivity contribution in [1.82, 2.24) is 5.32 Å². The van der Waals surface area contributed by atoms with E-state index in [0.717, 1.165) is 18.4 Å². The fraction of sp³-hybridized carbons (Fsp3) is 0.333. The summed E-state index contributed by atoms with van der Waals surface area (Å²) >= 11 is 5.86. The van der Waals surface area contributed by atoms with Crippen LogP contribution in [0.3, 0.4) is 0 Å². The Kier molecular flexibility index (Phi) is 6.35. The number of hydrogen-bond donors (Lipinski definition) is 2. The molecule has 2 atom stereocenters. The van der Waals surface area contributed by atoms with E-state index in [-0.39, 0.29) is 5.91 Å². The van der Waals surface area contributed by atoms with Gasteiger partial charge >= 0.3 is 5.97 Å². The van der Waals surface area contributed by atoms with Gasteiger partial charge in [-0.1, -0.05) is 36.6 Å². The Balaban J connectivity index is 1.54. The number of carbonyl (C=O) groups excluding carboxylic acids is 1. The van der Waals surface area contributed by atoms with Gasteiger partial charge in [0.05, 0.1) is 11.8 Å². The molecule has 0 bridgehead atoms. The van der Waals surface area contributed by atoms with E-state index in [1.165, 1.54) is 0 Å². The van der Waals surface area contributed by atoms with Crippen molar-refractivity contribution in [3.63, 3.8) is 0 Å². The van der Waals surface area contributed by atoms with E-state index in [2.05, 4.69) is 5.32 Å². The van der Waals surface area contributed by atoms with Gasteiger partial charge < -0.3 is 15.2 Å². The minimum absolute atomic E-state index is 0.177. The fourth-order valence-electron chi connectivity index (χ4n) is 3.37. The van der Waals surface area contributed by atoms with Gasteiger partial charge in [-0.25, -0.2) is 0 Å². The molecule has 0 radical (unpaired) electrons. The quantitative estimate of drug-likeness (QED) is 0.757. The normalized spacial score (nSPS) is 19.3. The average molecular weight is 388 g/mol. The smallest absolute Gasteiger partial charge is 0.307 e. The highest BCUT2D eigenvalue weighted by Gasteiger charge is 2.35. The summed E-state index contributed by atoms with van der Waals surface area (Å²) in [7, 11) is 0. The molecule has 6 heteroatoms. The first-order chi connectivity index (χ1) is 13.0. The first-order valence-corrected chi connectivity index (χ1v) is 9.43. The number of benzene rings is 2. The molecule has 0 spiro atoms. The van der Waals surface area contributed by atoms with Crippen LogP contribution in [0.25, 0.3) is 0 Å². The van der Waals surface area contributed by atoms with Crippen molar-refractivity contribution in [2.24, 2.45) is 11.8 Å². The molecule has 5 nitrogen and oxygen atoms in total. The number of halogens is 1. The largest absolute Gasteiger partial charge is 0.481 e. The Hall–Kier alpha value is -2.53. The van der Waals surface area contributed by atoms with E-state index in [9.17, 15) is 14.7 Å². The van der Waals surface area contributed by atoms with Crippen LogP contribution in [0.1, 0.15) is 31.2 Å². The van der Waals surface area contributed by atoms with Crippen LogP contribution < -0.4 is 10.1 Å². The average Bonchev–Trinajstić information content (AvgIpc) is 2.69. The fourth-order valence-corrected chi connectivity index (χ4v) is 3.50. The lowest BCUT2D eigenvalue weighted by molar-refractivity contribution is -0.148. The number of carbonyl (C=O) groups is 2. The summed E-state index contributed by atoms with van der Waals surface area (Å²) in [5.74, 6) is -0.692. The third-order valence-corrected chi connectivity index (χ3v) is 5.11. The van der Waals surface area contributed by atoms with Crippen LogP contribution in [0, 0.1) is 11.8 Å². The SMILES string of the molecule is O=C(NCc1ccc(Oc2ccc(Cl)cc2)cc1)[C@H]1CCCC[C@H]1C(=O)O. The van der Waals surface area contributed by atoms with Gasteiger partial charge in [0.1, 0.15) is 11.5 Å². The van der Waals surface area contributed by atoms with Crippen molar-refractivity contribution in [3.05, 3.63) is 59.1 Å². The zero-order valence-corrected chi connectivity index (χ0v) is 15.6. The van der Waals surface area contributed by atoms with Crippen LogP contribution >= 0.6 is 11.6 Å². The molecule has 2 N–H and O–H groups in total. The summed E-state index contributed by atoms with van der Waals surface area (Å²) < 4.78 is 5.74. The summed E-state index contributed by atoms with van der Waals surface area (Å²) in [6.07, 6.45) is 2.98. The van der Waals surface area contributed by atoms with E-state index < -0.39 is 17.8 Å². The Labute approximate surface area is 163 Å². The Morgan fingerprint density at radius 3 is 2.11 bits per heavy atom. The standard InChI is InChI=1S/C21H22ClNO4/c22-15-7-11-17(12-8-15)27-16-9-5-14(6-10-16)13-23-20(24)18-3-1-2-4-19(18)21(25)26/h5-12,18-19H,1-4,13H2,(H,23,24)(H,25,26)/t18-,19+/m0/s1. The van der Waals surface area contributed by atoms with Gasteiger partial charge in [-0.15, -0.1) is 0 Å². The number of ether oxygens (including phenoxy) is 1. The van der Waals surface area contributed by atoms with Crippen LogP contribution in [-0.2, 0) is 16.1 Å². The molecule has 3 rings (SSSR count). The van der Waals surface area contributed by atoms with E-state index in [4.69, 9.17) is 16.3 Å². The molecule has 1 aliphatic carbocycles. The molecule has 1 fully saturated rings. The highest BCUT2D eigenvalue weighted by Crippen LogP contribution is 2.30. The number of nitrogens with one attached hydrogen (secondary N) is 1. The van der Waals surface area contributed by atoms with Gasteiger partial charge in [-0.3, -0.25) is 9.59 Å². The van der Waals surface area contributed by atoms with Crippen LogP contribution in [0.5, 0.6) is 11.5 Å². The number of aliphatic carboxylic acids is 1. The van der Waals surface area contributed by atoms with E-state index in [1.807, 2.05) is 24.3 Å². The van der Waals surface area contributed by atoms with Crippen LogP contribution in [-0.4, -0.2) is 17.0 Å². The maximum atomic E-state index is 12.4. The zero-order valence-electron chi connectivity index (χ0n) is 14.9. The molecule has 0 heterocycles. The highest BCUT2D eigenvalue weighted by atomic mass is 35.5. The van der Waals surface area contributed by atoms with E-state index in [1.54, 1.807) is 24.3 Å². The van der Waals surface area contributed by atoms with Gasteiger partial charge in [0.25, 0.3) is 0 Å². The van der Waals surface area contributed by atoms with Crippen molar-refractivity contribution in [2.45, 2.75) is 32.2 Å². The Morgan fingerprint density at radius 1 is 0.963 bits per heavy atom. The van der Waals surface area contributed by atoms with Crippen molar-refractivity contribution >= 4 is 23.5 Å². The van der Waals surface area contributed by atoms with Gasteiger partial charge in [0.15, 0.2) is 0 Å². The molecule has 2 aromatic carbocycles. The summed E-state index contributed by atoms with van der Waals surface area (Å²) in [6, 6.07) is 14.5. The lowest BCUT2D eigenvalue weighted by Crippen LogP contribution is -2.39. The molecule has 0 unspecified atom stereocenters. The molecule has 2 aromatic rings. The van der Waals surface area contributed by atoms with Gasteiger partial charge in [0.2, 0.25) is 5.91 Å². The summed E-state index contributed by atoms with van der Waals surface area (Å²) in [4.78, 5) is 23.8. The number of carboxylic acids is 1. The van der Waals surface area contributed by atoms with E-state index >= 15 is 0 Å². The first-order valence-electron chi connectivity index (χ1n) is 9.06. The molecule has 1 amide bonds. The van der Waals surface area contributed by atoms with Gasteiger partial charge in [0, 0.05) is 11.6 Å². The first kappa shape index (κ1) is 19.2. The molecule has 0 aromatic heterocycles. The highest BCUT2D eigenvalue weighted by molar-refractivity contribution is 6.30. The molecule has 1 saturated carbocycles. The zero-order chi connectivity index (χ0) is 19.2. The van der Waals surface area contributed by atoms with Crippen molar-refractivity contribution in [1.29, 1.82) is 0 Å². The second kappa shape index (κ2) is 8.91. The van der Waals surface area contributed by atoms with Crippen LogP contribution in [0.2, 0.25) is 5.02 Å². The number of carboxylic acid groups (broad SMARTS) is 1. The molecular formula is C21H22ClNO4. The monoisotopic (exact) mass is 387 g/mol. The van der Waals surface area contributed by atoms with Gasteiger partial charge in [-0.2, -0.15) is 0 Å². The predicted molar refractivity (Wildman–Crippen MR) is 103 cm³/mol. The topological polar surface area (TPSA) is 75.6 Å². The van der Waals surface area contributed by atoms with Crippen LogP contribution in [0.15, 0.2) is 48.5 Å². The number of rotatable bonds is 6. The van der Waals surface area contributed by atoms with Crippen molar-refractivity contribution in [2.75, 3.05) is 0 Å².